The van der Waals surface area contributed by atoms with Crippen LogP contribution in [0.25, 0.3) is 0 Å². The number of nitrogens with one attached hydrogen (secondary N) is 1. The minimum absolute atomic E-state index is 0.0517. The number of alkyl halides is 7. The molecular weight excluding hydrogens is 307 g/mol. The smallest absolute Gasteiger partial charge is 0.387 e. The number of hydrogen-bond acceptors (Lipinski definition) is 2. The number of aliphatic hydroxyl groups excluding tert-OH is 1. The monoisotopic (exact) mass is 319 g/mol. The van der Waals surface area contributed by atoms with Crippen LogP contribution < -0.4 is 5.32 Å². The molecule has 9 heteroatoms. The van der Waals surface area contributed by atoms with Crippen molar-refractivity contribution in [1.82, 2.24) is 5.32 Å². The second-order valence-corrected chi connectivity index (χ2v) is 4.33. The topological polar surface area (TPSA) is 32.3 Å². The third-order valence-corrected chi connectivity index (χ3v) is 2.64. The lowest BCUT2D eigenvalue weighted by Gasteiger charge is -2.18. The van der Waals surface area contributed by atoms with Gasteiger partial charge in [-0.2, -0.15) is 22.0 Å². The second-order valence-electron chi connectivity index (χ2n) is 4.33. The summed E-state index contributed by atoms with van der Waals surface area (Å²) >= 11 is 0. The molecule has 0 spiro atoms. The van der Waals surface area contributed by atoms with Crippen LogP contribution in [0, 0.1) is 0 Å². The van der Waals surface area contributed by atoms with Crippen LogP contribution in [0.5, 0.6) is 0 Å². The Bertz CT molecular complexity index is 444. The van der Waals surface area contributed by atoms with E-state index in [1.54, 1.807) is 0 Å². The largest absolute Gasteiger partial charge is 0.416 e. The van der Waals surface area contributed by atoms with Gasteiger partial charge in [-0.05, 0) is 17.7 Å². The Kier molecular flexibility index (Phi) is 5.57. The number of benzene rings is 1. The first-order valence-electron chi connectivity index (χ1n) is 5.76. The van der Waals surface area contributed by atoms with Gasteiger partial charge in [-0.15, -0.1) is 0 Å². The molecule has 1 aromatic rings. The van der Waals surface area contributed by atoms with Gasteiger partial charge in [0, 0.05) is 6.54 Å². The molecular formula is C12H12F7NO. The average Bonchev–Trinajstić information content (AvgIpc) is 2.37. The minimum atomic E-state index is -4.53. The summed E-state index contributed by atoms with van der Waals surface area (Å²) in [6, 6.07) is 3.43. The third-order valence-electron chi connectivity index (χ3n) is 2.64. The zero-order chi connectivity index (χ0) is 16.3. The molecule has 120 valence electrons. The summed E-state index contributed by atoms with van der Waals surface area (Å²) in [5.74, 6) is -4.24. The van der Waals surface area contributed by atoms with E-state index in [2.05, 4.69) is 0 Å². The zero-order valence-corrected chi connectivity index (χ0v) is 10.5. The standard InChI is InChI=1S/C12H12F7NO/c13-10(14)11(15,16)6-20-5-9(21)7-1-3-8(4-2-7)12(17,18)19/h1-4,9-10,20-21H,5-6H2. The highest BCUT2D eigenvalue weighted by Crippen LogP contribution is 2.30. The van der Waals surface area contributed by atoms with Crippen molar-refractivity contribution in [2.24, 2.45) is 0 Å². The van der Waals surface area contributed by atoms with E-state index in [9.17, 15) is 35.8 Å². The maximum Gasteiger partial charge on any atom is 0.416 e. The van der Waals surface area contributed by atoms with Crippen molar-refractivity contribution < 1.29 is 35.8 Å². The van der Waals surface area contributed by atoms with Crippen molar-refractivity contribution >= 4 is 0 Å². The highest BCUT2D eigenvalue weighted by Gasteiger charge is 2.40. The number of hydrogen-bond donors (Lipinski definition) is 2. The van der Waals surface area contributed by atoms with Gasteiger partial charge in [0.15, 0.2) is 0 Å². The SMILES string of the molecule is OC(CNCC(F)(F)C(F)F)c1ccc(C(F)(F)F)cc1. The molecule has 0 aliphatic heterocycles. The molecule has 0 aromatic heterocycles. The van der Waals surface area contributed by atoms with E-state index in [1.165, 1.54) is 0 Å². The molecule has 0 saturated heterocycles. The summed E-state index contributed by atoms with van der Waals surface area (Å²) in [5, 5.41) is 11.5. The van der Waals surface area contributed by atoms with Crippen molar-refractivity contribution in [1.29, 1.82) is 0 Å². The lowest BCUT2D eigenvalue weighted by Crippen LogP contribution is -2.40. The van der Waals surface area contributed by atoms with E-state index in [0.717, 1.165) is 24.3 Å². The Morgan fingerprint density at radius 1 is 1.00 bits per heavy atom. The maximum atomic E-state index is 12.6. The van der Waals surface area contributed by atoms with Crippen LogP contribution in [0.3, 0.4) is 0 Å². The zero-order valence-electron chi connectivity index (χ0n) is 10.5. The molecule has 2 nitrogen and oxygen atoms in total. The van der Waals surface area contributed by atoms with Crippen LogP contribution in [0.1, 0.15) is 17.2 Å². The van der Waals surface area contributed by atoms with Crippen molar-refractivity contribution in [2.45, 2.75) is 24.6 Å². The molecule has 1 rings (SSSR count). The average molecular weight is 319 g/mol. The molecule has 0 bridgehead atoms. The Morgan fingerprint density at radius 3 is 1.95 bits per heavy atom. The van der Waals surface area contributed by atoms with E-state index in [4.69, 9.17) is 0 Å². The molecule has 0 saturated carbocycles. The Hall–Kier alpha value is -1.35. The van der Waals surface area contributed by atoms with Gasteiger partial charge < -0.3 is 10.4 Å². The van der Waals surface area contributed by atoms with Crippen LogP contribution in [-0.4, -0.2) is 30.5 Å². The first-order valence-corrected chi connectivity index (χ1v) is 5.76. The van der Waals surface area contributed by atoms with E-state index >= 15 is 0 Å². The van der Waals surface area contributed by atoms with Crippen LogP contribution in [0.2, 0.25) is 0 Å². The first-order chi connectivity index (χ1) is 9.54. The number of halogens is 7. The van der Waals surface area contributed by atoms with Gasteiger partial charge in [-0.25, -0.2) is 8.78 Å². The Balaban J connectivity index is 2.55. The van der Waals surface area contributed by atoms with Gasteiger partial charge in [0.05, 0.1) is 18.2 Å². The molecule has 0 aliphatic carbocycles. The van der Waals surface area contributed by atoms with Gasteiger partial charge in [0.1, 0.15) is 0 Å². The van der Waals surface area contributed by atoms with Crippen LogP contribution >= 0.6 is 0 Å². The van der Waals surface area contributed by atoms with Crippen molar-refractivity contribution in [3.63, 3.8) is 0 Å². The van der Waals surface area contributed by atoms with Gasteiger partial charge in [-0.1, -0.05) is 12.1 Å². The lowest BCUT2D eigenvalue weighted by atomic mass is 10.1. The van der Waals surface area contributed by atoms with Gasteiger partial charge in [-0.3, -0.25) is 0 Å². The molecule has 1 aromatic carbocycles. The normalized spacial score (nSPS) is 14.5. The Morgan fingerprint density at radius 2 is 1.52 bits per heavy atom. The molecule has 2 N–H and O–H groups in total. The van der Waals surface area contributed by atoms with Crippen molar-refractivity contribution in [2.75, 3.05) is 13.1 Å². The van der Waals surface area contributed by atoms with Crippen LogP contribution in [0.4, 0.5) is 30.7 Å². The number of aliphatic hydroxyl groups is 1. The predicted octanol–water partition coefficient (Wildman–Crippen LogP) is 3.23. The summed E-state index contributed by atoms with van der Waals surface area (Å²) < 4.78 is 85.7. The third kappa shape index (κ3) is 5.16. The molecule has 1 atom stereocenters. The van der Waals surface area contributed by atoms with E-state index in [-0.39, 0.29) is 5.56 Å². The molecule has 0 aliphatic rings. The lowest BCUT2D eigenvalue weighted by molar-refractivity contribution is -0.137. The van der Waals surface area contributed by atoms with Gasteiger partial charge >= 0.3 is 18.5 Å². The summed E-state index contributed by atoms with van der Waals surface area (Å²) in [5.41, 5.74) is -0.869. The fourth-order valence-corrected chi connectivity index (χ4v) is 1.46. The predicted molar refractivity (Wildman–Crippen MR) is 60.2 cm³/mol. The van der Waals surface area contributed by atoms with E-state index in [0.29, 0.717) is 0 Å². The maximum absolute atomic E-state index is 12.6. The minimum Gasteiger partial charge on any atom is -0.387 e. The molecule has 0 amide bonds. The van der Waals surface area contributed by atoms with Crippen LogP contribution in [0.15, 0.2) is 24.3 Å². The van der Waals surface area contributed by atoms with Gasteiger partial charge in [0.2, 0.25) is 0 Å². The molecule has 21 heavy (non-hydrogen) atoms. The Labute approximate surface area is 115 Å². The fraction of sp³-hybridized carbons (Fsp3) is 0.500. The number of rotatable bonds is 6. The summed E-state index contributed by atoms with van der Waals surface area (Å²) in [4.78, 5) is 0. The quantitative estimate of drug-likeness (QED) is 0.789. The first kappa shape index (κ1) is 17.7. The van der Waals surface area contributed by atoms with Gasteiger partial charge in [0.25, 0.3) is 0 Å². The summed E-state index contributed by atoms with van der Waals surface area (Å²) in [6.07, 6.45) is -9.75. The molecule has 0 fully saturated rings. The molecule has 0 heterocycles. The summed E-state index contributed by atoms with van der Waals surface area (Å²) in [7, 11) is 0. The van der Waals surface area contributed by atoms with Crippen molar-refractivity contribution in [3.8, 4) is 0 Å². The molecule has 1 unspecified atom stereocenters. The van der Waals surface area contributed by atoms with E-state index < -0.39 is 43.3 Å². The highest BCUT2D eigenvalue weighted by molar-refractivity contribution is 5.26. The van der Waals surface area contributed by atoms with E-state index in [1.807, 2.05) is 5.32 Å². The van der Waals surface area contributed by atoms with Crippen LogP contribution in [-0.2, 0) is 6.18 Å². The van der Waals surface area contributed by atoms with Crippen molar-refractivity contribution in [3.05, 3.63) is 35.4 Å². The highest BCUT2D eigenvalue weighted by atomic mass is 19.4. The molecule has 0 radical (unpaired) electrons. The second kappa shape index (κ2) is 6.61. The fourth-order valence-electron chi connectivity index (χ4n) is 1.46. The summed E-state index contributed by atoms with van der Waals surface area (Å²) in [6.45, 7) is -1.84.